The minimum atomic E-state index is -0.212. The average Bonchev–Trinajstić information content (AvgIpc) is 2.63. The van der Waals surface area contributed by atoms with Crippen LogP contribution in [0.4, 0.5) is 0 Å². The number of carbonyl (C=O) groups excluding carboxylic acids is 3. The SMILES string of the molecule is CCC(=O)COCCOCCN1C(=O)CC(C)C1=O. The third kappa shape index (κ3) is 5.08. The molecular formula is C13H21NO5. The second kappa shape index (κ2) is 8.01. The zero-order chi connectivity index (χ0) is 14.3. The maximum absolute atomic E-state index is 11.6. The Morgan fingerprint density at radius 3 is 2.53 bits per heavy atom. The molecule has 1 atom stereocenters. The van der Waals surface area contributed by atoms with E-state index >= 15 is 0 Å². The Morgan fingerprint density at radius 1 is 1.26 bits per heavy atom. The lowest BCUT2D eigenvalue weighted by molar-refractivity contribution is -0.140. The molecule has 1 fully saturated rings. The van der Waals surface area contributed by atoms with Crippen LogP contribution in [0.1, 0.15) is 26.7 Å². The zero-order valence-electron chi connectivity index (χ0n) is 11.5. The van der Waals surface area contributed by atoms with Crippen LogP contribution in [0, 0.1) is 5.92 Å². The van der Waals surface area contributed by atoms with Gasteiger partial charge in [-0.05, 0) is 0 Å². The fraction of sp³-hybridized carbons (Fsp3) is 0.769. The van der Waals surface area contributed by atoms with Crippen molar-refractivity contribution in [3.05, 3.63) is 0 Å². The Kier molecular flexibility index (Phi) is 6.66. The van der Waals surface area contributed by atoms with Crippen LogP contribution >= 0.6 is 0 Å². The first-order valence-corrected chi connectivity index (χ1v) is 6.57. The molecule has 1 unspecified atom stereocenters. The maximum atomic E-state index is 11.6. The monoisotopic (exact) mass is 271 g/mol. The zero-order valence-corrected chi connectivity index (χ0v) is 11.5. The molecule has 1 aliphatic heterocycles. The van der Waals surface area contributed by atoms with E-state index in [1.807, 2.05) is 0 Å². The normalized spacial score (nSPS) is 19.3. The molecule has 108 valence electrons. The molecule has 2 amide bonds. The van der Waals surface area contributed by atoms with Crippen molar-refractivity contribution in [1.29, 1.82) is 0 Å². The highest BCUT2D eigenvalue weighted by Crippen LogP contribution is 2.17. The number of imide groups is 1. The highest BCUT2D eigenvalue weighted by atomic mass is 16.5. The fourth-order valence-corrected chi connectivity index (χ4v) is 1.75. The van der Waals surface area contributed by atoms with Crippen LogP contribution in [0.2, 0.25) is 0 Å². The second-order valence-corrected chi connectivity index (χ2v) is 4.55. The van der Waals surface area contributed by atoms with Crippen LogP contribution in [0.5, 0.6) is 0 Å². The summed E-state index contributed by atoms with van der Waals surface area (Å²) in [5.41, 5.74) is 0. The molecule has 0 aromatic heterocycles. The summed E-state index contributed by atoms with van der Waals surface area (Å²) in [6, 6.07) is 0. The largest absolute Gasteiger partial charge is 0.377 e. The van der Waals surface area contributed by atoms with Gasteiger partial charge >= 0.3 is 0 Å². The molecule has 6 nitrogen and oxygen atoms in total. The Labute approximate surface area is 113 Å². The van der Waals surface area contributed by atoms with E-state index < -0.39 is 0 Å². The van der Waals surface area contributed by atoms with Gasteiger partial charge < -0.3 is 9.47 Å². The minimum Gasteiger partial charge on any atom is -0.377 e. The van der Waals surface area contributed by atoms with E-state index in [1.165, 1.54) is 4.90 Å². The number of hydrogen-bond acceptors (Lipinski definition) is 5. The highest BCUT2D eigenvalue weighted by Gasteiger charge is 2.34. The van der Waals surface area contributed by atoms with Crippen molar-refractivity contribution in [2.75, 3.05) is 33.0 Å². The Balaban J connectivity index is 2.04. The summed E-state index contributed by atoms with van der Waals surface area (Å²) >= 11 is 0. The summed E-state index contributed by atoms with van der Waals surface area (Å²) in [6.07, 6.45) is 0.763. The molecule has 1 heterocycles. The molecule has 6 heteroatoms. The summed E-state index contributed by atoms with van der Waals surface area (Å²) in [6.45, 7) is 4.92. The van der Waals surface area contributed by atoms with Crippen molar-refractivity contribution in [3.63, 3.8) is 0 Å². The Hall–Kier alpha value is -1.27. The van der Waals surface area contributed by atoms with E-state index in [1.54, 1.807) is 13.8 Å². The molecule has 19 heavy (non-hydrogen) atoms. The lowest BCUT2D eigenvalue weighted by Gasteiger charge is -2.14. The molecule has 0 aliphatic carbocycles. The van der Waals surface area contributed by atoms with E-state index in [9.17, 15) is 14.4 Å². The number of carbonyl (C=O) groups is 3. The number of nitrogens with zero attached hydrogens (tertiary/aromatic N) is 1. The maximum Gasteiger partial charge on any atom is 0.232 e. The molecular weight excluding hydrogens is 250 g/mol. The van der Waals surface area contributed by atoms with Crippen LogP contribution in [0.15, 0.2) is 0 Å². The predicted octanol–water partition coefficient (Wildman–Crippen LogP) is 0.394. The Morgan fingerprint density at radius 2 is 1.95 bits per heavy atom. The topological polar surface area (TPSA) is 72.9 Å². The van der Waals surface area contributed by atoms with Crippen LogP contribution < -0.4 is 0 Å². The van der Waals surface area contributed by atoms with Crippen molar-refractivity contribution < 1.29 is 23.9 Å². The second-order valence-electron chi connectivity index (χ2n) is 4.55. The summed E-state index contributed by atoms with van der Waals surface area (Å²) in [4.78, 5) is 35.2. The number of hydrogen-bond donors (Lipinski definition) is 0. The van der Waals surface area contributed by atoms with Gasteiger partial charge in [-0.1, -0.05) is 13.8 Å². The fourth-order valence-electron chi connectivity index (χ4n) is 1.75. The number of ketones is 1. The van der Waals surface area contributed by atoms with Gasteiger partial charge in [-0.2, -0.15) is 0 Å². The molecule has 0 aromatic rings. The number of likely N-dealkylation sites (tertiary alicyclic amines) is 1. The first kappa shape index (κ1) is 15.8. The first-order chi connectivity index (χ1) is 9.06. The van der Waals surface area contributed by atoms with Gasteiger partial charge in [-0.15, -0.1) is 0 Å². The standard InChI is InChI=1S/C13H21NO5/c1-3-11(15)9-19-7-6-18-5-4-14-12(16)8-10(2)13(14)17/h10H,3-9H2,1-2H3. The third-order valence-electron chi connectivity index (χ3n) is 2.96. The molecule has 0 bridgehead atoms. The van der Waals surface area contributed by atoms with Crippen molar-refractivity contribution >= 4 is 17.6 Å². The third-order valence-corrected chi connectivity index (χ3v) is 2.96. The summed E-state index contributed by atoms with van der Waals surface area (Å²) in [7, 11) is 0. The van der Waals surface area contributed by atoms with Crippen LogP contribution in [-0.4, -0.2) is 55.5 Å². The van der Waals surface area contributed by atoms with Gasteiger partial charge in [0.1, 0.15) is 6.61 Å². The molecule has 0 N–H and O–H groups in total. The average molecular weight is 271 g/mol. The molecule has 0 radical (unpaired) electrons. The number of rotatable bonds is 9. The lowest BCUT2D eigenvalue weighted by atomic mass is 10.1. The molecule has 0 spiro atoms. The van der Waals surface area contributed by atoms with Gasteiger partial charge in [0.25, 0.3) is 0 Å². The van der Waals surface area contributed by atoms with Crippen LogP contribution in [0.25, 0.3) is 0 Å². The molecule has 0 aromatic carbocycles. The van der Waals surface area contributed by atoms with E-state index in [-0.39, 0.29) is 36.7 Å². The molecule has 1 aliphatic rings. The van der Waals surface area contributed by atoms with E-state index in [4.69, 9.17) is 9.47 Å². The van der Waals surface area contributed by atoms with Crippen molar-refractivity contribution in [1.82, 2.24) is 4.90 Å². The quantitative estimate of drug-likeness (QED) is 0.448. The minimum absolute atomic E-state index is 0.0576. The van der Waals surface area contributed by atoms with E-state index in [0.29, 0.717) is 32.7 Å². The van der Waals surface area contributed by atoms with Gasteiger partial charge in [0.2, 0.25) is 11.8 Å². The summed E-state index contributed by atoms with van der Waals surface area (Å²) in [5.74, 6) is -0.414. The van der Waals surface area contributed by atoms with Crippen LogP contribution in [-0.2, 0) is 23.9 Å². The van der Waals surface area contributed by atoms with Crippen molar-refractivity contribution in [2.24, 2.45) is 5.92 Å². The van der Waals surface area contributed by atoms with E-state index in [2.05, 4.69) is 0 Å². The number of amides is 2. The predicted molar refractivity (Wildman–Crippen MR) is 67.4 cm³/mol. The van der Waals surface area contributed by atoms with Gasteiger partial charge in [0.05, 0.1) is 26.4 Å². The summed E-state index contributed by atoms with van der Waals surface area (Å²) in [5, 5.41) is 0. The molecule has 1 rings (SSSR count). The molecule has 1 saturated heterocycles. The number of Topliss-reactive ketones (excluding diaryl/α,β-unsaturated/α-hetero) is 1. The Bertz CT molecular complexity index is 342. The van der Waals surface area contributed by atoms with Crippen molar-refractivity contribution in [2.45, 2.75) is 26.7 Å². The smallest absolute Gasteiger partial charge is 0.232 e. The van der Waals surface area contributed by atoms with Gasteiger partial charge in [-0.3, -0.25) is 19.3 Å². The van der Waals surface area contributed by atoms with Gasteiger partial charge in [0, 0.05) is 18.8 Å². The van der Waals surface area contributed by atoms with Gasteiger partial charge in [-0.25, -0.2) is 0 Å². The first-order valence-electron chi connectivity index (χ1n) is 6.57. The lowest BCUT2D eigenvalue weighted by Crippen LogP contribution is -2.33. The van der Waals surface area contributed by atoms with Crippen molar-refractivity contribution in [3.8, 4) is 0 Å². The van der Waals surface area contributed by atoms with E-state index in [0.717, 1.165) is 0 Å². The summed E-state index contributed by atoms with van der Waals surface area (Å²) < 4.78 is 10.4. The van der Waals surface area contributed by atoms with Crippen LogP contribution in [0.3, 0.4) is 0 Å². The molecule has 0 saturated carbocycles. The highest BCUT2D eigenvalue weighted by molar-refractivity contribution is 6.03. The van der Waals surface area contributed by atoms with Gasteiger partial charge in [0.15, 0.2) is 5.78 Å². The number of ether oxygens (including phenoxy) is 2.